The summed E-state index contributed by atoms with van der Waals surface area (Å²) in [4.78, 5) is 2.50. The first-order valence-corrected chi connectivity index (χ1v) is 9.37. The number of hydrogen-bond donors (Lipinski definition) is 1. The number of benzene rings is 1. The van der Waals surface area contributed by atoms with Crippen LogP contribution >= 0.6 is 0 Å². The van der Waals surface area contributed by atoms with Crippen LogP contribution in [0.3, 0.4) is 0 Å². The van der Waals surface area contributed by atoms with Gasteiger partial charge in [-0.1, -0.05) is 32.0 Å². The Balaban J connectivity index is 1.46. The molecule has 0 amide bonds. The molecule has 0 radical (unpaired) electrons. The Morgan fingerprint density at radius 2 is 2.12 bits per heavy atom. The van der Waals surface area contributed by atoms with Gasteiger partial charge in [0.1, 0.15) is 6.33 Å². The highest BCUT2D eigenvalue weighted by Gasteiger charge is 2.23. The third kappa shape index (κ3) is 3.23. The van der Waals surface area contributed by atoms with Gasteiger partial charge in [0.15, 0.2) is 0 Å². The fourth-order valence-electron chi connectivity index (χ4n) is 3.65. The molecule has 4 rings (SSSR count). The maximum atomic E-state index is 4.58. The fourth-order valence-corrected chi connectivity index (χ4v) is 3.65. The lowest BCUT2D eigenvalue weighted by Crippen LogP contribution is -2.23. The molecule has 1 N–H and O–H groups in total. The summed E-state index contributed by atoms with van der Waals surface area (Å²) in [5.41, 5.74) is 5.58. The van der Waals surface area contributed by atoms with Crippen molar-refractivity contribution in [3.63, 3.8) is 0 Å². The van der Waals surface area contributed by atoms with E-state index < -0.39 is 0 Å². The smallest absolute Gasteiger partial charge is 0.200 e. The zero-order valence-corrected chi connectivity index (χ0v) is 15.7. The van der Waals surface area contributed by atoms with E-state index in [0.717, 1.165) is 36.7 Å². The van der Waals surface area contributed by atoms with Gasteiger partial charge in [-0.2, -0.15) is 9.61 Å². The Bertz CT molecular complexity index is 900. The Morgan fingerprint density at radius 1 is 1.27 bits per heavy atom. The maximum absolute atomic E-state index is 4.58. The van der Waals surface area contributed by atoms with Crippen LogP contribution < -0.4 is 10.2 Å². The number of para-hydroxylation sites is 1. The number of hydrogen-bond acceptors (Lipinski definition) is 5. The van der Waals surface area contributed by atoms with Gasteiger partial charge in [-0.3, -0.25) is 0 Å². The van der Waals surface area contributed by atoms with Crippen molar-refractivity contribution >= 4 is 17.0 Å². The van der Waals surface area contributed by atoms with Gasteiger partial charge in [-0.25, -0.2) is 0 Å². The summed E-state index contributed by atoms with van der Waals surface area (Å²) < 4.78 is 1.77. The van der Waals surface area contributed by atoms with E-state index in [9.17, 15) is 0 Å². The molecule has 1 atom stereocenters. The number of fused-ring (bicyclic) bond motifs is 1. The van der Waals surface area contributed by atoms with Crippen molar-refractivity contribution in [3.05, 3.63) is 47.9 Å². The number of aryl methyl sites for hydroxylation is 1. The summed E-state index contributed by atoms with van der Waals surface area (Å²) in [6, 6.07) is 10.8. The molecular weight excluding hydrogens is 324 g/mol. The fraction of sp³-hybridized carbons (Fsp3) is 0.450. The van der Waals surface area contributed by atoms with Crippen molar-refractivity contribution < 1.29 is 0 Å². The van der Waals surface area contributed by atoms with Crippen molar-refractivity contribution in [2.24, 2.45) is 5.92 Å². The van der Waals surface area contributed by atoms with E-state index in [2.05, 4.69) is 76.6 Å². The van der Waals surface area contributed by atoms with E-state index in [1.165, 1.54) is 17.7 Å². The Kier molecular flexibility index (Phi) is 4.49. The molecule has 3 aromatic rings. The SMILES string of the molecule is Cc1ccccc1N1CCC(CNc2cc(C(C)C)nn3cnnc23)C1. The molecule has 1 aliphatic heterocycles. The second kappa shape index (κ2) is 6.94. The second-order valence-corrected chi connectivity index (χ2v) is 7.50. The van der Waals surface area contributed by atoms with Gasteiger partial charge in [-0.05, 0) is 42.9 Å². The van der Waals surface area contributed by atoms with Gasteiger partial charge in [-0.15, -0.1) is 10.2 Å². The van der Waals surface area contributed by atoms with Crippen molar-refractivity contribution in [2.75, 3.05) is 29.9 Å². The van der Waals surface area contributed by atoms with E-state index in [1.54, 1.807) is 10.8 Å². The lowest BCUT2D eigenvalue weighted by Gasteiger charge is -2.21. The molecule has 0 saturated carbocycles. The summed E-state index contributed by atoms with van der Waals surface area (Å²) in [6.45, 7) is 9.63. The lowest BCUT2D eigenvalue weighted by atomic mass is 10.1. The molecule has 136 valence electrons. The molecule has 1 fully saturated rings. The number of rotatable bonds is 5. The number of nitrogens with one attached hydrogen (secondary N) is 1. The summed E-state index contributed by atoms with van der Waals surface area (Å²) in [6.07, 6.45) is 2.87. The van der Waals surface area contributed by atoms with Crippen LogP contribution in [0.4, 0.5) is 11.4 Å². The van der Waals surface area contributed by atoms with Crippen LogP contribution in [0, 0.1) is 12.8 Å². The summed E-state index contributed by atoms with van der Waals surface area (Å²) in [7, 11) is 0. The third-order valence-electron chi connectivity index (χ3n) is 5.20. The van der Waals surface area contributed by atoms with Crippen molar-refractivity contribution in [2.45, 2.75) is 33.1 Å². The van der Waals surface area contributed by atoms with Crippen LogP contribution in [-0.4, -0.2) is 39.4 Å². The maximum Gasteiger partial charge on any atom is 0.200 e. The number of anilines is 2. The topological polar surface area (TPSA) is 58.4 Å². The molecule has 2 aromatic heterocycles. The monoisotopic (exact) mass is 350 g/mol. The minimum atomic E-state index is 0.366. The average molecular weight is 350 g/mol. The van der Waals surface area contributed by atoms with Gasteiger partial charge in [0.05, 0.1) is 11.4 Å². The summed E-state index contributed by atoms with van der Waals surface area (Å²) >= 11 is 0. The first kappa shape index (κ1) is 16.8. The minimum Gasteiger partial charge on any atom is -0.382 e. The van der Waals surface area contributed by atoms with Crippen LogP contribution in [0.2, 0.25) is 0 Å². The van der Waals surface area contributed by atoms with E-state index in [4.69, 9.17) is 0 Å². The van der Waals surface area contributed by atoms with E-state index in [0.29, 0.717) is 11.8 Å². The molecule has 1 unspecified atom stereocenters. The molecule has 0 aliphatic carbocycles. The average Bonchev–Trinajstić information content (AvgIpc) is 3.29. The predicted octanol–water partition coefficient (Wildman–Crippen LogP) is 3.49. The molecule has 1 aliphatic rings. The largest absolute Gasteiger partial charge is 0.382 e. The molecule has 0 bridgehead atoms. The van der Waals surface area contributed by atoms with Crippen molar-refractivity contribution in [1.82, 2.24) is 19.8 Å². The van der Waals surface area contributed by atoms with Crippen LogP contribution in [0.1, 0.15) is 37.4 Å². The normalized spacial score (nSPS) is 17.4. The zero-order chi connectivity index (χ0) is 18.1. The highest BCUT2D eigenvalue weighted by atomic mass is 15.3. The molecule has 26 heavy (non-hydrogen) atoms. The van der Waals surface area contributed by atoms with E-state index in [1.807, 2.05) is 0 Å². The predicted molar refractivity (Wildman–Crippen MR) is 105 cm³/mol. The van der Waals surface area contributed by atoms with Gasteiger partial charge in [0, 0.05) is 25.3 Å². The third-order valence-corrected chi connectivity index (χ3v) is 5.20. The Morgan fingerprint density at radius 3 is 2.92 bits per heavy atom. The van der Waals surface area contributed by atoms with Crippen LogP contribution in [-0.2, 0) is 0 Å². The standard InChI is InChI=1S/C20H26N6/c1-14(2)17-10-18(20-23-22-13-26(20)24-17)21-11-16-8-9-25(12-16)19-7-5-4-6-15(19)3/h4-7,10,13-14,16,21H,8-9,11-12H2,1-3H3. The summed E-state index contributed by atoms with van der Waals surface area (Å²) in [5.74, 6) is 0.985. The van der Waals surface area contributed by atoms with Gasteiger partial charge >= 0.3 is 0 Å². The molecule has 1 saturated heterocycles. The van der Waals surface area contributed by atoms with E-state index in [-0.39, 0.29) is 0 Å². The number of aromatic nitrogens is 4. The first-order chi connectivity index (χ1) is 12.6. The van der Waals surface area contributed by atoms with E-state index >= 15 is 0 Å². The molecular formula is C20H26N6. The molecule has 3 heterocycles. The Hall–Kier alpha value is -2.63. The highest BCUT2D eigenvalue weighted by Crippen LogP contribution is 2.27. The van der Waals surface area contributed by atoms with Crippen LogP contribution in [0.25, 0.3) is 5.65 Å². The first-order valence-electron chi connectivity index (χ1n) is 9.37. The Labute approximate surface area is 154 Å². The molecule has 0 spiro atoms. The second-order valence-electron chi connectivity index (χ2n) is 7.50. The van der Waals surface area contributed by atoms with Crippen LogP contribution in [0.15, 0.2) is 36.7 Å². The van der Waals surface area contributed by atoms with Crippen molar-refractivity contribution in [3.8, 4) is 0 Å². The summed E-state index contributed by atoms with van der Waals surface area (Å²) in [5, 5.41) is 16.4. The highest BCUT2D eigenvalue weighted by molar-refractivity contribution is 5.66. The zero-order valence-electron chi connectivity index (χ0n) is 15.7. The molecule has 6 heteroatoms. The quantitative estimate of drug-likeness (QED) is 0.763. The molecule has 6 nitrogen and oxygen atoms in total. The van der Waals surface area contributed by atoms with Gasteiger partial charge in [0.2, 0.25) is 5.65 Å². The molecule has 1 aromatic carbocycles. The van der Waals surface area contributed by atoms with Gasteiger partial charge < -0.3 is 10.2 Å². The van der Waals surface area contributed by atoms with Crippen molar-refractivity contribution in [1.29, 1.82) is 0 Å². The minimum absolute atomic E-state index is 0.366. The van der Waals surface area contributed by atoms with Gasteiger partial charge in [0.25, 0.3) is 0 Å². The number of nitrogens with zero attached hydrogens (tertiary/aromatic N) is 5. The van der Waals surface area contributed by atoms with Crippen LogP contribution in [0.5, 0.6) is 0 Å². The lowest BCUT2D eigenvalue weighted by molar-refractivity contribution is 0.622.